The van der Waals surface area contributed by atoms with Gasteiger partial charge in [0.05, 0.1) is 11.0 Å². The normalized spacial score (nSPS) is 10.7. The van der Waals surface area contributed by atoms with Gasteiger partial charge >= 0.3 is 0 Å². The number of anilines is 1. The molecule has 0 bridgehead atoms. The van der Waals surface area contributed by atoms with Crippen molar-refractivity contribution in [2.45, 2.75) is 13.5 Å². The molecule has 118 valence electrons. The monoisotopic (exact) mass is 308 g/mol. The average Bonchev–Trinajstić information content (AvgIpc) is 2.91. The second-order valence-corrected chi connectivity index (χ2v) is 5.80. The van der Waals surface area contributed by atoms with Crippen molar-refractivity contribution in [1.29, 1.82) is 0 Å². The van der Waals surface area contributed by atoms with Gasteiger partial charge in [0.1, 0.15) is 5.82 Å². The lowest BCUT2D eigenvalue weighted by Gasteiger charge is -2.13. The predicted octanol–water partition coefficient (Wildman–Crippen LogP) is 2.87. The van der Waals surface area contributed by atoms with E-state index < -0.39 is 0 Å². The van der Waals surface area contributed by atoms with Crippen molar-refractivity contribution in [2.24, 2.45) is 0 Å². The molecule has 23 heavy (non-hydrogen) atoms. The van der Waals surface area contributed by atoms with Crippen molar-refractivity contribution in [2.75, 3.05) is 19.0 Å². The van der Waals surface area contributed by atoms with Gasteiger partial charge in [-0.2, -0.15) is 0 Å². The molecule has 0 unspecified atom stereocenters. The van der Waals surface area contributed by atoms with E-state index in [-0.39, 0.29) is 5.91 Å². The lowest BCUT2D eigenvalue weighted by molar-refractivity contribution is 0.0951. The van der Waals surface area contributed by atoms with Gasteiger partial charge in [0, 0.05) is 31.9 Å². The van der Waals surface area contributed by atoms with Crippen LogP contribution >= 0.6 is 0 Å². The highest BCUT2D eigenvalue weighted by atomic mass is 16.1. The summed E-state index contributed by atoms with van der Waals surface area (Å²) in [5, 5.41) is 2.96. The summed E-state index contributed by atoms with van der Waals surface area (Å²) in [5.74, 6) is 0.816. The number of rotatable bonds is 4. The van der Waals surface area contributed by atoms with Crippen LogP contribution in [0.1, 0.15) is 21.7 Å². The van der Waals surface area contributed by atoms with Crippen LogP contribution in [0, 0.1) is 6.92 Å². The van der Waals surface area contributed by atoms with E-state index in [1.54, 1.807) is 0 Å². The molecule has 0 saturated heterocycles. The average molecular weight is 308 g/mol. The minimum Gasteiger partial charge on any atom is -0.378 e. The number of aryl methyl sites for hydroxylation is 1. The summed E-state index contributed by atoms with van der Waals surface area (Å²) in [4.78, 5) is 21.9. The Labute approximate surface area is 135 Å². The Morgan fingerprint density at radius 2 is 2.04 bits per heavy atom. The number of aromatic amines is 1. The first-order valence-electron chi connectivity index (χ1n) is 7.54. The molecule has 0 aliphatic rings. The van der Waals surface area contributed by atoms with Crippen LogP contribution in [0.4, 0.5) is 5.69 Å². The SMILES string of the molecule is Cc1nc2ccc(CNC(=O)c3cccc(N(C)C)c3)cc2[nH]1. The number of hydrogen-bond acceptors (Lipinski definition) is 3. The number of carbonyl (C=O) groups is 1. The van der Waals surface area contributed by atoms with Gasteiger partial charge in [0.25, 0.3) is 5.91 Å². The van der Waals surface area contributed by atoms with Crippen molar-refractivity contribution in [1.82, 2.24) is 15.3 Å². The number of nitrogens with zero attached hydrogens (tertiary/aromatic N) is 2. The lowest BCUT2D eigenvalue weighted by atomic mass is 10.1. The molecule has 1 heterocycles. The predicted molar refractivity (Wildman–Crippen MR) is 92.8 cm³/mol. The van der Waals surface area contributed by atoms with E-state index in [9.17, 15) is 4.79 Å². The third kappa shape index (κ3) is 3.34. The minimum absolute atomic E-state index is 0.0745. The summed E-state index contributed by atoms with van der Waals surface area (Å²) in [5.41, 5.74) is 4.64. The Morgan fingerprint density at radius 1 is 1.22 bits per heavy atom. The molecule has 0 aliphatic heterocycles. The zero-order valence-electron chi connectivity index (χ0n) is 13.6. The highest BCUT2D eigenvalue weighted by Gasteiger charge is 2.07. The molecule has 3 rings (SSSR count). The molecular weight excluding hydrogens is 288 g/mol. The fourth-order valence-corrected chi connectivity index (χ4v) is 2.50. The van der Waals surface area contributed by atoms with E-state index in [0.29, 0.717) is 12.1 Å². The van der Waals surface area contributed by atoms with Crippen LogP contribution in [-0.2, 0) is 6.54 Å². The first kappa shape index (κ1) is 15.1. The fourth-order valence-electron chi connectivity index (χ4n) is 2.50. The molecule has 1 aromatic heterocycles. The largest absolute Gasteiger partial charge is 0.378 e. The van der Waals surface area contributed by atoms with Gasteiger partial charge in [-0.15, -0.1) is 0 Å². The number of benzene rings is 2. The zero-order valence-corrected chi connectivity index (χ0v) is 13.6. The van der Waals surface area contributed by atoms with Crippen LogP contribution in [0.2, 0.25) is 0 Å². The maximum atomic E-state index is 12.3. The number of hydrogen-bond donors (Lipinski definition) is 2. The van der Waals surface area contributed by atoms with Gasteiger partial charge in [-0.05, 0) is 42.8 Å². The van der Waals surface area contributed by atoms with Gasteiger partial charge in [-0.1, -0.05) is 12.1 Å². The topological polar surface area (TPSA) is 61.0 Å². The number of nitrogens with one attached hydrogen (secondary N) is 2. The third-order valence-corrected chi connectivity index (χ3v) is 3.74. The molecule has 0 fully saturated rings. The molecule has 1 amide bonds. The van der Waals surface area contributed by atoms with Crippen LogP contribution in [-0.4, -0.2) is 30.0 Å². The van der Waals surface area contributed by atoms with Crippen molar-refractivity contribution in [3.8, 4) is 0 Å². The smallest absolute Gasteiger partial charge is 0.251 e. The molecule has 0 aliphatic carbocycles. The second-order valence-electron chi connectivity index (χ2n) is 5.80. The van der Waals surface area contributed by atoms with E-state index in [2.05, 4.69) is 15.3 Å². The number of carbonyl (C=O) groups excluding carboxylic acids is 1. The number of H-pyrrole nitrogens is 1. The zero-order chi connectivity index (χ0) is 16.4. The van der Waals surface area contributed by atoms with Crippen LogP contribution in [0.25, 0.3) is 11.0 Å². The Kier molecular flexibility index (Phi) is 4.02. The van der Waals surface area contributed by atoms with Gasteiger partial charge in [-0.25, -0.2) is 4.98 Å². The summed E-state index contributed by atoms with van der Waals surface area (Å²) >= 11 is 0. The van der Waals surface area contributed by atoms with E-state index in [0.717, 1.165) is 28.1 Å². The first-order valence-corrected chi connectivity index (χ1v) is 7.54. The number of imidazole rings is 1. The highest BCUT2D eigenvalue weighted by Crippen LogP contribution is 2.15. The quantitative estimate of drug-likeness (QED) is 0.779. The molecular formula is C18H20N4O. The Bertz CT molecular complexity index is 851. The number of amides is 1. The molecule has 5 heteroatoms. The third-order valence-electron chi connectivity index (χ3n) is 3.74. The Hall–Kier alpha value is -2.82. The lowest BCUT2D eigenvalue weighted by Crippen LogP contribution is -2.23. The summed E-state index contributed by atoms with van der Waals surface area (Å²) < 4.78 is 0. The van der Waals surface area contributed by atoms with Crippen LogP contribution in [0.5, 0.6) is 0 Å². The molecule has 2 N–H and O–H groups in total. The van der Waals surface area contributed by atoms with Crippen molar-refractivity contribution < 1.29 is 4.79 Å². The van der Waals surface area contributed by atoms with Crippen molar-refractivity contribution >= 4 is 22.6 Å². The van der Waals surface area contributed by atoms with Crippen LogP contribution < -0.4 is 10.2 Å². The minimum atomic E-state index is -0.0745. The maximum absolute atomic E-state index is 12.3. The molecule has 5 nitrogen and oxygen atoms in total. The Morgan fingerprint density at radius 3 is 2.83 bits per heavy atom. The standard InChI is InChI=1S/C18H20N4O/c1-12-20-16-8-7-13(9-17(16)21-12)11-19-18(23)14-5-4-6-15(10-14)22(2)3/h4-10H,11H2,1-3H3,(H,19,23)(H,20,21). The van der Waals surface area contributed by atoms with Crippen molar-refractivity contribution in [3.63, 3.8) is 0 Å². The van der Waals surface area contributed by atoms with E-state index in [1.807, 2.05) is 68.4 Å². The van der Waals surface area contributed by atoms with Crippen LogP contribution in [0.15, 0.2) is 42.5 Å². The summed E-state index contributed by atoms with van der Waals surface area (Å²) in [6.07, 6.45) is 0. The summed E-state index contributed by atoms with van der Waals surface area (Å²) in [6.45, 7) is 2.41. The first-order chi connectivity index (χ1) is 11.0. The highest BCUT2D eigenvalue weighted by molar-refractivity contribution is 5.95. The van der Waals surface area contributed by atoms with E-state index >= 15 is 0 Å². The van der Waals surface area contributed by atoms with Crippen molar-refractivity contribution in [3.05, 3.63) is 59.4 Å². The molecule has 2 aromatic carbocycles. The second kappa shape index (κ2) is 6.12. The van der Waals surface area contributed by atoms with Gasteiger partial charge < -0.3 is 15.2 Å². The van der Waals surface area contributed by atoms with E-state index in [4.69, 9.17) is 0 Å². The fraction of sp³-hybridized carbons (Fsp3) is 0.222. The number of fused-ring (bicyclic) bond motifs is 1. The molecule has 0 saturated carbocycles. The molecule has 3 aromatic rings. The number of aromatic nitrogens is 2. The molecule has 0 spiro atoms. The maximum Gasteiger partial charge on any atom is 0.251 e. The van der Waals surface area contributed by atoms with Gasteiger partial charge in [0.2, 0.25) is 0 Å². The van der Waals surface area contributed by atoms with E-state index in [1.165, 1.54) is 0 Å². The van der Waals surface area contributed by atoms with Crippen LogP contribution in [0.3, 0.4) is 0 Å². The summed E-state index contributed by atoms with van der Waals surface area (Å²) in [7, 11) is 3.91. The van der Waals surface area contributed by atoms with Gasteiger partial charge in [0.15, 0.2) is 0 Å². The Balaban J connectivity index is 1.71. The molecule has 0 radical (unpaired) electrons. The summed E-state index contributed by atoms with van der Waals surface area (Å²) in [6, 6.07) is 13.5. The van der Waals surface area contributed by atoms with Gasteiger partial charge in [-0.3, -0.25) is 4.79 Å². The molecule has 0 atom stereocenters.